The summed E-state index contributed by atoms with van der Waals surface area (Å²) in [7, 11) is 0. The van der Waals surface area contributed by atoms with Gasteiger partial charge in [-0.2, -0.15) is 22.0 Å². The first-order chi connectivity index (χ1) is 20.3. The van der Waals surface area contributed by atoms with E-state index in [0.717, 1.165) is 12.1 Å². The number of benzene rings is 3. The molecule has 3 aromatic rings. The Balaban J connectivity index is 0.00000368. The molecule has 0 bridgehead atoms. The predicted molar refractivity (Wildman–Crippen MR) is 147 cm³/mol. The summed E-state index contributed by atoms with van der Waals surface area (Å²) in [5, 5.41) is 4.48. The normalized spacial score (nSPS) is 17.3. The molecule has 18 heteroatoms. The van der Waals surface area contributed by atoms with Crippen LogP contribution in [-0.2, 0) is 15.8 Å². The molecular weight excluding hydrogens is 680 g/mol. The third-order valence-electron chi connectivity index (χ3n) is 6.32. The largest absolute Gasteiger partial charge is 0.419 e. The van der Waals surface area contributed by atoms with Crippen molar-refractivity contribution >= 4 is 69.6 Å². The fourth-order valence-electron chi connectivity index (χ4n) is 4.20. The van der Waals surface area contributed by atoms with Crippen LogP contribution < -0.4 is 16.0 Å². The maximum atomic E-state index is 14.7. The van der Waals surface area contributed by atoms with E-state index in [1.165, 1.54) is 5.32 Å². The minimum atomic E-state index is -5.07. The molecule has 0 radical (unpaired) electrons. The summed E-state index contributed by atoms with van der Waals surface area (Å²) >= 11 is 18.1. The highest BCUT2D eigenvalue weighted by Gasteiger charge is 2.67. The Morgan fingerprint density at radius 2 is 1.50 bits per heavy atom. The van der Waals surface area contributed by atoms with Crippen LogP contribution in [0.1, 0.15) is 31.7 Å². The molecule has 0 aliphatic heterocycles. The van der Waals surface area contributed by atoms with Gasteiger partial charge in [0.1, 0.15) is 27.5 Å². The van der Waals surface area contributed by atoms with E-state index < -0.39 is 103 Å². The molecule has 6 nitrogen and oxygen atoms in total. The van der Waals surface area contributed by atoms with Crippen LogP contribution in [-0.4, -0.2) is 28.5 Å². The minimum absolute atomic E-state index is 0. The number of carbonyl (C=O) groups is 3. The highest BCUT2D eigenvalue weighted by molar-refractivity contribution is 6.53. The van der Waals surface area contributed by atoms with Crippen molar-refractivity contribution in [3.63, 3.8) is 0 Å². The van der Waals surface area contributed by atoms with Crippen LogP contribution in [0.4, 0.5) is 56.6 Å². The van der Waals surface area contributed by atoms with Gasteiger partial charge in [-0.05, 0) is 42.0 Å². The fraction of sp³-hybridized carbons (Fsp3) is 0.192. The molecule has 1 aliphatic rings. The smallest absolute Gasteiger partial charge is 0.326 e. The maximum Gasteiger partial charge on any atom is 0.419 e. The van der Waals surface area contributed by atoms with Crippen molar-refractivity contribution in [3.05, 3.63) is 87.4 Å². The van der Waals surface area contributed by atoms with Gasteiger partial charge in [-0.1, -0.05) is 17.7 Å². The zero-order valence-corrected chi connectivity index (χ0v) is 23.3. The van der Waals surface area contributed by atoms with E-state index in [1.54, 1.807) is 5.32 Å². The third kappa shape index (κ3) is 6.54. The van der Waals surface area contributed by atoms with Gasteiger partial charge in [-0.3, -0.25) is 14.4 Å². The van der Waals surface area contributed by atoms with E-state index in [1.807, 2.05) is 0 Å². The summed E-state index contributed by atoms with van der Waals surface area (Å²) in [5.74, 6) is -13.2. The number of halogens is 12. The Bertz CT molecular complexity index is 1700. The molecule has 4 rings (SSSR count). The molecule has 3 aromatic carbocycles. The lowest BCUT2D eigenvalue weighted by atomic mass is 10.0. The third-order valence-corrected chi connectivity index (χ3v) is 7.64. The molecule has 3 amide bonds. The van der Waals surface area contributed by atoms with Gasteiger partial charge in [-0.25, -0.2) is 17.6 Å². The fourth-order valence-corrected chi connectivity index (χ4v) is 5.22. The minimum Gasteiger partial charge on any atom is -0.326 e. The first kappa shape index (κ1) is 33.2. The Morgan fingerprint density at radius 1 is 0.864 bits per heavy atom. The van der Waals surface area contributed by atoms with Crippen LogP contribution in [0.5, 0.6) is 0 Å². The Kier molecular flexibility index (Phi) is 9.06. The second kappa shape index (κ2) is 12.0. The average Bonchev–Trinajstić information content (AvgIpc) is 3.51. The van der Waals surface area contributed by atoms with Crippen LogP contribution >= 0.6 is 34.8 Å². The molecule has 44 heavy (non-hydrogen) atoms. The molecule has 2 atom stereocenters. The number of nitrogens with one attached hydrogen (secondary N) is 3. The number of hydrogen-bond donors (Lipinski definition) is 3. The zero-order valence-electron chi connectivity index (χ0n) is 21.0. The van der Waals surface area contributed by atoms with E-state index >= 15 is 0 Å². The molecule has 1 aliphatic carbocycles. The number of anilines is 3. The van der Waals surface area contributed by atoms with Crippen LogP contribution in [0.3, 0.4) is 0 Å². The Morgan fingerprint density at radius 3 is 2.11 bits per heavy atom. The average molecular weight is 699 g/mol. The SMILES string of the molecule is O=C(Nc1c(F)ccc(NC(=O)C(F)F)c1F)c1cc(NC(=O)[C@H]2[C@H](c3ccc(F)c(C(F)(F)F)c3)C2(Cl)Cl)cc(F)c1Cl.[HH].[HH].[HH]. The van der Waals surface area contributed by atoms with E-state index in [-0.39, 0.29) is 9.84 Å². The van der Waals surface area contributed by atoms with Gasteiger partial charge in [0.15, 0.2) is 5.82 Å². The van der Waals surface area contributed by atoms with Crippen molar-refractivity contribution < 1.29 is 58.2 Å². The highest BCUT2D eigenvalue weighted by atomic mass is 35.5. The van der Waals surface area contributed by atoms with Gasteiger partial charge in [0.25, 0.3) is 11.8 Å². The van der Waals surface area contributed by atoms with Crippen molar-refractivity contribution in [2.75, 3.05) is 16.0 Å². The lowest BCUT2D eigenvalue weighted by molar-refractivity contribution is -0.140. The van der Waals surface area contributed by atoms with E-state index in [4.69, 9.17) is 34.8 Å². The number of rotatable bonds is 7. The molecule has 3 N–H and O–H groups in total. The first-order valence-corrected chi connectivity index (χ1v) is 12.9. The van der Waals surface area contributed by atoms with Crippen molar-refractivity contribution in [2.45, 2.75) is 22.9 Å². The summed E-state index contributed by atoms with van der Waals surface area (Å²) in [4.78, 5) is 36.9. The van der Waals surface area contributed by atoms with Crippen molar-refractivity contribution in [3.8, 4) is 0 Å². The Labute approximate surface area is 259 Å². The lowest BCUT2D eigenvalue weighted by Crippen LogP contribution is -2.22. The number of hydrogen-bond acceptors (Lipinski definition) is 3. The van der Waals surface area contributed by atoms with E-state index in [9.17, 15) is 53.9 Å². The number of alkyl halides is 7. The highest BCUT2D eigenvalue weighted by Crippen LogP contribution is 2.65. The zero-order chi connectivity index (χ0) is 32.9. The number of carbonyl (C=O) groups excluding carboxylic acids is 3. The molecular formula is C26H19Cl3F9N3O3. The van der Waals surface area contributed by atoms with Crippen LogP contribution in [0.2, 0.25) is 5.02 Å². The van der Waals surface area contributed by atoms with Crippen LogP contribution in [0, 0.1) is 29.2 Å². The monoisotopic (exact) mass is 697 g/mol. The molecule has 0 heterocycles. The number of amides is 3. The van der Waals surface area contributed by atoms with Gasteiger partial charge < -0.3 is 16.0 Å². The second-order valence-electron chi connectivity index (χ2n) is 9.20. The standard InChI is InChI=1S/C26H13Cl3F9N3O3.3H2/c27-18-10(22(42)41-20-13(31)3-4-15(19(20)33)40-24(44)21(34)35)6-9(7-14(18)32)39-23(43)17-16(25(17,28)29)8-1-2-12(30)11(5-8)26(36,37)38;;;/h1-7,16-17,21H,(H,39,43)(H,40,44)(H,41,42);3*1H/t16-,17+;;;/m0.../s1. The molecule has 0 saturated heterocycles. The summed E-state index contributed by atoms with van der Waals surface area (Å²) in [6.07, 6.45) is -8.63. The van der Waals surface area contributed by atoms with Crippen LogP contribution in [0.25, 0.3) is 0 Å². The summed E-state index contributed by atoms with van der Waals surface area (Å²) in [6.45, 7) is 0. The summed E-state index contributed by atoms with van der Waals surface area (Å²) in [6, 6.07) is 4.40. The summed E-state index contributed by atoms with van der Waals surface area (Å²) in [5.41, 5.74) is -5.31. The van der Waals surface area contributed by atoms with Gasteiger partial charge >= 0.3 is 12.6 Å². The van der Waals surface area contributed by atoms with Gasteiger partial charge in [0.05, 0.1) is 27.8 Å². The van der Waals surface area contributed by atoms with E-state index in [0.29, 0.717) is 30.3 Å². The Hall–Kier alpha value is -3.69. The molecule has 0 aromatic heterocycles. The van der Waals surface area contributed by atoms with Gasteiger partial charge in [0.2, 0.25) is 5.91 Å². The van der Waals surface area contributed by atoms with Crippen LogP contribution in [0.15, 0.2) is 42.5 Å². The predicted octanol–water partition coefficient (Wildman–Crippen LogP) is 8.64. The van der Waals surface area contributed by atoms with Gasteiger partial charge in [0, 0.05) is 15.9 Å². The quantitative estimate of drug-likeness (QED) is 0.171. The second-order valence-corrected chi connectivity index (χ2v) is 11.0. The lowest BCUT2D eigenvalue weighted by Gasteiger charge is -2.14. The van der Waals surface area contributed by atoms with Crippen molar-refractivity contribution in [1.82, 2.24) is 0 Å². The maximum absolute atomic E-state index is 14.7. The molecule has 0 spiro atoms. The molecule has 0 unspecified atom stereocenters. The van der Waals surface area contributed by atoms with Gasteiger partial charge in [-0.15, -0.1) is 23.2 Å². The first-order valence-electron chi connectivity index (χ1n) is 11.8. The molecule has 1 saturated carbocycles. The molecule has 1 fully saturated rings. The molecule has 240 valence electrons. The summed E-state index contributed by atoms with van der Waals surface area (Å²) < 4.78 is 120. The van der Waals surface area contributed by atoms with Crippen molar-refractivity contribution in [2.24, 2.45) is 5.92 Å². The topological polar surface area (TPSA) is 87.3 Å². The van der Waals surface area contributed by atoms with Crippen molar-refractivity contribution in [1.29, 1.82) is 0 Å². The van der Waals surface area contributed by atoms with E-state index in [2.05, 4.69) is 5.32 Å².